The van der Waals surface area contributed by atoms with Gasteiger partial charge in [0.1, 0.15) is 11.5 Å². The van der Waals surface area contributed by atoms with Crippen LogP contribution >= 0.6 is 0 Å². The average molecular weight is 440 g/mol. The van der Waals surface area contributed by atoms with Gasteiger partial charge in [0, 0.05) is 11.1 Å². The Morgan fingerprint density at radius 2 is 1.31 bits per heavy atom. The third-order valence-electron chi connectivity index (χ3n) is 4.51. The molecular formula is C25H29NO6. The van der Waals surface area contributed by atoms with Gasteiger partial charge in [-0.15, -0.1) is 0 Å². The molecule has 0 saturated heterocycles. The van der Waals surface area contributed by atoms with Gasteiger partial charge in [-0.05, 0) is 20.8 Å². The first-order valence-corrected chi connectivity index (χ1v) is 10.2. The van der Waals surface area contributed by atoms with Crippen molar-refractivity contribution in [1.29, 1.82) is 0 Å². The number of carbonyl (C=O) groups is 3. The molecule has 0 saturated carbocycles. The monoisotopic (exact) mass is 439 g/mol. The largest absolute Gasteiger partial charge is 0.469 e. The van der Waals surface area contributed by atoms with E-state index < -0.39 is 35.5 Å². The Bertz CT molecular complexity index is 906. The number of hydrogen-bond acceptors (Lipinski definition) is 7. The molecule has 7 heteroatoms. The zero-order valence-corrected chi connectivity index (χ0v) is 19.0. The summed E-state index contributed by atoms with van der Waals surface area (Å²) in [7, 11) is 2.40. The Kier molecular flexibility index (Phi) is 8.70. The number of benzene rings is 2. The van der Waals surface area contributed by atoms with Crippen LogP contribution in [0.5, 0.6) is 0 Å². The second-order valence-corrected chi connectivity index (χ2v) is 8.10. The summed E-state index contributed by atoms with van der Waals surface area (Å²) in [6.07, 6.45) is -0.382. The molecule has 0 bridgehead atoms. The number of methoxy groups -OCH3 is 2. The van der Waals surface area contributed by atoms with Crippen LogP contribution in [0.2, 0.25) is 0 Å². The van der Waals surface area contributed by atoms with Crippen molar-refractivity contribution in [2.24, 2.45) is 10.9 Å². The molecule has 0 N–H and O–H groups in total. The number of nitrogens with zero attached hydrogens (tertiary/aromatic N) is 1. The summed E-state index contributed by atoms with van der Waals surface area (Å²) >= 11 is 0. The van der Waals surface area contributed by atoms with Crippen LogP contribution in [-0.2, 0) is 28.6 Å². The summed E-state index contributed by atoms with van der Waals surface area (Å²) < 4.78 is 15.2. The molecule has 0 aliphatic carbocycles. The first kappa shape index (κ1) is 24.8. The van der Waals surface area contributed by atoms with Crippen molar-refractivity contribution in [3.05, 3.63) is 71.8 Å². The van der Waals surface area contributed by atoms with Crippen LogP contribution in [0.4, 0.5) is 0 Å². The van der Waals surface area contributed by atoms with Gasteiger partial charge in [0.15, 0.2) is 6.04 Å². The molecule has 2 unspecified atom stereocenters. The van der Waals surface area contributed by atoms with Gasteiger partial charge in [-0.1, -0.05) is 60.7 Å². The highest BCUT2D eigenvalue weighted by Crippen LogP contribution is 2.23. The second kappa shape index (κ2) is 11.2. The summed E-state index contributed by atoms with van der Waals surface area (Å²) in [6.45, 7) is 5.15. The third kappa shape index (κ3) is 7.04. The fourth-order valence-corrected chi connectivity index (χ4v) is 3.05. The fourth-order valence-electron chi connectivity index (χ4n) is 3.05. The number of hydrogen-bond donors (Lipinski definition) is 0. The van der Waals surface area contributed by atoms with Gasteiger partial charge in [0.05, 0.1) is 26.4 Å². The molecular weight excluding hydrogens is 410 g/mol. The number of ether oxygens (including phenoxy) is 3. The highest BCUT2D eigenvalue weighted by atomic mass is 16.6. The Morgan fingerprint density at radius 3 is 1.72 bits per heavy atom. The van der Waals surface area contributed by atoms with E-state index in [1.165, 1.54) is 14.2 Å². The lowest BCUT2D eigenvalue weighted by Crippen LogP contribution is -2.41. The molecule has 0 aliphatic heterocycles. The lowest BCUT2D eigenvalue weighted by atomic mass is 9.94. The van der Waals surface area contributed by atoms with Gasteiger partial charge in [-0.2, -0.15) is 0 Å². The minimum atomic E-state index is -1.32. The van der Waals surface area contributed by atoms with Gasteiger partial charge in [0.25, 0.3) is 0 Å². The summed E-state index contributed by atoms with van der Waals surface area (Å²) in [5.41, 5.74) is 1.15. The molecule has 0 amide bonds. The molecule has 7 nitrogen and oxygen atoms in total. The Morgan fingerprint density at radius 1 is 0.812 bits per heavy atom. The van der Waals surface area contributed by atoms with E-state index in [2.05, 4.69) is 0 Å². The fraction of sp³-hybridized carbons (Fsp3) is 0.360. The Labute approximate surface area is 188 Å². The molecule has 0 fully saturated rings. The van der Waals surface area contributed by atoms with Gasteiger partial charge >= 0.3 is 17.9 Å². The lowest BCUT2D eigenvalue weighted by Gasteiger charge is -2.26. The van der Waals surface area contributed by atoms with Crippen LogP contribution in [0, 0.1) is 5.92 Å². The smallest absolute Gasteiger partial charge is 0.332 e. The number of esters is 3. The zero-order chi connectivity index (χ0) is 23.7. The summed E-state index contributed by atoms with van der Waals surface area (Å²) in [5, 5.41) is 0. The molecule has 2 aromatic rings. The van der Waals surface area contributed by atoms with Crippen molar-refractivity contribution in [1.82, 2.24) is 0 Å². The first-order chi connectivity index (χ1) is 15.2. The third-order valence-corrected chi connectivity index (χ3v) is 4.51. The SMILES string of the molecule is COC(=O)CC(C(=O)OC)C(N=C(c1ccccc1)c1ccccc1)C(=O)OC(C)(C)C. The quantitative estimate of drug-likeness (QED) is 0.355. The number of rotatable bonds is 8. The zero-order valence-electron chi connectivity index (χ0n) is 19.0. The van der Waals surface area contributed by atoms with Gasteiger partial charge in [0.2, 0.25) is 0 Å². The molecule has 2 atom stereocenters. The molecule has 0 heterocycles. The van der Waals surface area contributed by atoms with Gasteiger partial charge in [-0.25, -0.2) is 4.79 Å². The molecule has 32 heavy (non-hydrogen) atoms. The summed E-state index contributed by atoms with van der Waals surface area (Å²) in [5.74, 6) is -3.37. The Balaban J connectivity index is 2.68. The van der Waals surface area contributed by atoms with Crippen molar-refractivity contribution in [3.63, 3.8) is 0 Å². The van der Waals surface area contributed by atoms with Gasteiger partial charge in [-0.3, -0.25) is 14.6 Å². The maximum Gasteiger partial charge on any atom is 0.332 e. The van der Waals surface area contributed by atoms with Crippen LogP contribution in [0.1, 0.15) is 38.3 Å². The number of carbonyl (C=O) groups excluding carboxylic acids is 3. The average Bonchev–Trinajstić information content (AvgIpc) is 2.77. The first-order valence-electron chi connectivity index (χ1n) is 10.2. The van der Waals surface area contributed by atoms with E-state index in [0.717, 1.165) is 11.1 Å². The maximum absolute atomic E-state index is 13.2. The predicted octanol–water partition coefficient (Wildman–Crippen LogP) is 3.59. The molecule has 170 valence electrons. The standard InChI is InChI=1S/C25H29NO6/c1-25(2,3)32-24(29)22(19(23(28)31-5)16-20(27)30-4)26-21(17-12-8-6-9-13-17)18-14-10-7-11-15-18/h6-15,19,22H,16H2,1-5H3. The van der Waals surface area contributed by atoms with E-state index in [9.17, 15) is 14.4 Å². The van der Waals surface area contributed by atoms with Crippen molar-refractivity contribution in [3.8, 4) is 0 Å². The molecule has 2 aromatic carbocycles. The molecule has 0 aliphatic rings. The van der Waals surface area contributed by atoms with Crippen LogP contribution in [0.15, 0.2) is 65.7 Å². The molecule has 0 spiro atoms. The van der Waals surface area contributed by atoms with Crippen LogP contribution in [0.3, 0.4) is 0 Å². The lowest BCUT2D eigenvalue weighted by molar-refractivity contribution is -0.164. The topological polar surface area (TPSA) is 91.3 Å². The second-order valence-electron chi connectivity index (χ2n) is 8.10. The van der Waals surface area contributed by atoms with Crippen LogP contribution < -0.4 is 0 Å². The Hall–Kier alpha value is -3.48. The van der Waals surface area contributed by atoms with E-state index in [-0.39, 0.29) is 6.42 Å². The molecule has 0 radical (unpaired) electrons. The van der Waals surface area contributed by atoms with E-state index in [1.807, 2.05) is 60.7 Å². The van der Waals surface area contributed by atoms with E-state index >= 15 is 0 Å². The normalized spacial score (nSPS) is 12.8. The van der Waals surface area contributed by atoms with Gasteiger partial charge < -0.3 is 14.2 Å². The predicted molar refractivity (Wildman–Crippen MR) is 120 cm³/mol. The maximum atomic E-state index is 13.2. The minimum absolute atomic E-state index is 0.382. The summed E-state index contributed by atoms with van der Waals surface area (Å²) in [6, 6.07) is 17.2. The highest BCUT2D eigenvalue weighted by molar-refractivity contribution is 6.13. The van der Waals surface area contributed by atoms with Crippen LogP contribution in [0.25, 0.3) is 0 Å². The van der Waals surface area contributed by atoms with Crippen molar-refractivity contribution < 1.29 is 28.6 Å². The summed E-state index contributed by atoms with van der Waals surface area (Å²) in [4.78, 5) is 42.6. The van der Waals surface area contributed by atoms with Crippen molar-refractivity contribution in [2.75, 3.05) is 14.2 Å². The van der Waals surface area contributed by atoms with E-state index in [0.29, 0.717) is 5.71 Å². The minimum Gasteiger partial charge on any atom is -0.469 e. The molecule has 0 aromatic heterocycles. The molecule has 2 rings (SSSR count). The van der Waals surface area contributed by atoms with E-state index in [4.69, 9.17) is 19.2 Å². The highest BCUT2D eigenvalue weighted by Gasteiger charge is 2.39. The van der Waals surface area contributed by atoms with Crippen molar-refractivity contribution >= 4 is 23.6 Å². The van der Waals surface area contributed by atoms with Crippen LogP contribution in [-0.4, -0.2) is 49.5 Å². The van der Waals surface area contributed by atoms with E-state index in [1.54, 1.807) is 20.8 Å². The number of aliphatic imine (C=N–C) groups is 1. The van der Waals surface area contributed by atoms with Crippen molar-refractivity contribution in [2.45, 2.75) is 38.8 Å².